The average molecular weight is 676 g/mol. The predicted molar refractivity (Wildman–Crippen MR) is 166 cm³/mol. The monoisotopic (exact) mass is 675 g/mol. The van der Waals surface area contributed by atoms with Gasteiger partial charge in [-0.05, 0) is 55.5 Å². The van der Waals surface area contributed by atoms with Crippen LogP contribution in [0.2, 0.25) is 0 Å². The van der Waals surface area contributed by atoms with E-state index in [9.17, 15) is 27.6 Å². The summed E-state index contributed by atoms with van der Waals surface area (Å²) in [6.45, 7) is 0.446. The number of nitrogens with zero attached hydrogens (tertiary/aromatic N) is 3. The molecule has 0 spiro atoms. The maximum absolute atomic E-state index is 13.3. The normalized spacial score (nSPS) is 14.4. The molecule has 258 valence electrons. The average Bonchev–Trinajstić information content (AvgIpc) is 3.05. The third-order valence-corrected chi connectivity index (χ3v) is 6.75. The Balaban J connectivity index is 1.63. The number of carbonyl (C=O) groups excluding carboxylic acids is 3. The highest BCUT2D eigenvalue weighted by Crippen LogP contribution is 2.27. The van der Waals surface area contributed by atoms with Crippen molar-refractivity contribution >= 4 is 35.4 Å². The molecule has 4 N–H and O–H groups in total. The highest BCUT2D eigenvalue weighted by Gasteiger charge is 2.29. The summed E-state index contributed by atoms with van der Waals surface area (Å²) >= 11 is 0. The standard InChI is InChI=1S/C31H36F3N7O7/c1-19(42)35-17-24(27(44)45-2)38-26(43)23-12-9-21-15-25(23)47-14-6-4-3-5-13-46-22-10-7-20(8-11-22)16-36-28-39-29(37-21)41-30(40-28)48-18-31(32,33)34/h7-12,15,24H,3-6,13-14,16-18H2,1-2H3,(H,35,42)(H,38,43)(H2,36,37,39,40,41). The first kappa shape index (κ1) is 35.5. The smallest absolute Gasteiger partial charge is 0.422 e. The number of amides is 2. The number of benzene rings is 2. The van der Waals surface area contributed by atoms with E-state index in [2.05, 4.69) is 36.2 Å². The maximum Gasteiger partial charge on any atom is 0.422 e. The van der Waals surface area contributed by atoms with Gasteiger partial charge in [0.1, 0.15) is 17.5 Å². The van der Waals surface area contributed by atoms with Crippen molar-refractivity contribution < 1.29 is 46.5 Å². The Morgan fingerprint density at radius 3 is 2.35 bits per heavy atom. The molecule has 14 nitrogen and oxygen atoms in total. The number of nitrogens with one attached hydrogen (secondary N) is 4. The van der Waals surface area contributed by atoms with E-state index in [0.717, 1.165) is 31.9 Å². The number of hydrogen-bond donors (Lipinski definition) is 4. The van der Waals surface area contributed by atoms with Gasteiger partial charge in [0.15, 0.2) is 6.61 Å². The summed E-state index contributed by atoms with van der Waals surface area (Å²) in [5.41, 5.74) is 1.23. The zero-order valence-electron chi connectivity index (χ0n) is 26.3. The molecule has 48 heavy (non-hydrogen) atoms. The van der Waals surface area contributed by atoms with Gasteiger partial charge < -0.3 is 40.2 Å². The van der Waals surface area contributed by atoms with Gasteiger partial charge in [-0.15, -0.1) is 0 Å². The summed E-state index contributed by atoms with van der Waals surface area (Å²) in [5, 5.41) is 10.9. The third kappa shape index (κ3) is 11.5. The number of carbonyl (C=O) groups is 3. The lowest BCUT2D eigenvalue weighted by atomic mass is 10.1. The van der Waals surface area contributed by atoms with Gasteiger partial charge in [-0.3, -0.25) is 9.59 Å². The van der Waals surface area contributed by atoms with Crippen LogP contribution in [0.1, 0.15) is 48.5 Å². The molecule has 2 aliphatic rings. The molecular weight excluding hydrogens is 639 g/mol. The lowest BCUT2D eigenvalue weighted by molar-refractivity contribution is -0.154. The second kappa shape index (κ2) is 17.0. The van der Waals surface area contributed by atoms with Crippen molar-refractivity contribution in [2.75, 3.05) is 44.1 Å². The van der Waals surface area contributed by atoms with E-state index in [1.165, 1.54) is 25.1 Å². The van der Waals surface area contributed by atoms with Crippen molar-refractivity contribution in [3.05, 3.63) is 53.6 Å². The fourth-order valence-electron chi connectivity index (χ4n) is 4.37. The highest BCUT2D eigenvalue weighted by molar-refractivity contribution is 5.99. The lowest BCUT2D eigenvalue weighted by Gasteiger charge is -2.19. The van der Waals surface area contributed by atoms with E-state index in [1.54, 1.807) is 0 Å². The van der Waals surface area contributed by atoms with Crippen LogP contribution in [0.5, 0.6) is 17.5 Å². The molecule has 17 heteroatoms. The molecule has 0 radical (unpaired) electrons. The van der Waals surface area contributed by atoms with E-state index in [0.29, 0.717) is 24.5 Å². The van der Waals surface area contributed by atoms with Crippen LogP contribution in [0.3, 0.4) is 0 Å². The highest BCUT2D eigenvalue weighted by atomic mass is 19.4. The molecule has 1 unspecified atom stereocenters. The van der Waals surface area contributed by atoms with Crippen molar-refractivity contribution in [1.29, 1.82) is 0 Å². The third-order valence-electron chi connectivity index (χ3n) is 6.75. The van der Waals surface area contributed by atoms with Crippen LogP contribution < -0.4 is 35.5 Å². The Kier molecular flexibility index (Phi) is 12.6. The van der Waals surface area contributed by atoms with E-state index < -0.39 is 42.6 Å². The first-order valence-electron chi connectivity index (χ1n) is 15.1. The van der Waals surface area contributed by atoms with Crippen molar-refractivity contribution in [1.82, 2.24) is 25.6 Å². The van der Waals surface area contributed by atoms with E-state index in [4.69, 9.17) is 18.9 Å². The molecule has 1 atom stereocenters. The van der Waals surface area contributed by atoms with Crippen LogP contribution in [-0.4, -0.2) is 78.4 Å². The summed E-state index contributed by atoms with van der Waals surface area (Å²) in [7, 11) is 1.15. The molecular formula is C31H36F3N7O7. The Morgan fingerprint density at radius 2 is 1.67 bits per heavy atom. The summed E-state index contributed by atoms with van der Waals surface area (Å²) in [4.78, 5) is 49.3. The van der Waals surface area contributed by atoms with Gasteiger partial charge in [0, 0.05) is 31.8 Å². The molecule has 3 heterocycles. The van der Waals surface area contributed by atoms with Crippen molar-refractivity contribution in [3.8, 4) is 17.5 Å². The van der Waals surface area contributed by atoms with Gasteiger partial charge in [-0.2, -0.15) is 28.1 Å². The molecule has 6 bridgehead atoms. The fourth-order valence-corrected chi connectivity index (χ4v) is 4.37. The van der Waals surface area contributed by atoms with Gasteiger partial charge in [0.2, 0.25) is 17.8 Å². The Hall–Kier alpha value is -5.35. The quantitative estimate of drug-likeness (QED) is 0.266. The minimum Gasteiger partial charge on any atom is -0.494 e. The molecule has 0 saturated carbocycles. The van der Waals surface area contributed by atoms with E-state index in [-0.39, 0.29) is 42.9 Å². The first-order valence-corrected chi connectivity index (χ1v) is 15.1. The minimum absolute atomic E-state index is 0.0589. The number of alkyl halides is 3. The number of anilines is 3. The molecule has 0 aliphatic carbocycles. The number of fused-ring (bicyclic) bond motifs is 10. The van der Waals surface area contributed by atoms with Crippen LogP contribution >= 0.6 is 0 Å². The summed E-state index contributed by atoms with van der Waals surface area (Å²) in [5.74, 6) is -1.23. The SMILES string of the molecule is COC(=O)C(CNC(C)=O)NC(=O)c1ccc2cc1OCCCCCCOc1ccc(cc1)CNc1nc(nc(OCC(F)(F)F)n1)N2. The Morgan fingerprint density at radius 1 is 0.958 bits per heavy atom. The lowest BCUT2D eigenvalue weighted by Crippen LogP contribution is -2.48. The Labute approximate surface area is 274 Å². The zero-order chi connectivity index (χ0) is 34.5. The van der Waals surface area contributed by atoms with Crippen molar-refractivity contribution in [2.24, 2.45) is 0 Å². The molecule has 3 aromatic rings. The number of hydrogen-bond acceptors (Lipinski definition) is 12. The van der Waals surface area contributed by atoms with Gasteiger partial charge in [-0.25, -0.2) is 4.79 Å². The van der Waals surface area contributed by atoms with Crippen molar-refractivity contribution in [2.45, 2.75) is 51.4 Å². The second-order valence-corrected chi connectivity index (χ2v) is 10.6. The predicted octanol–water partition coefficient (Wildman–Crippen LogP) is 3.91. The number of methoxy groups -OCH3 is 1. The Bertz CT molecular complexity index is 1560. The largest absolute Gasteiger partial charge is 0.494 e. The van der Waals surface area contributed by atoms with Gasteiger partial charge in [0.25, 0.3) is 5.91 Å². The van der Waals surface area contributed by atoms with Crippen LogP contribution in [0, 0.1) is 0 Å². The van der Waals surface area contributed by atoms with Gasteiger partial charge in [-0.1, -0.05) is 12.1 Å². The minimum atomic E-state index is -4.63. The second-order valence-electron chi connectivity index (χ2n) is 10.6. The summed E-state index contributed by atoms with van der Waals surface area (Å²) in [6, 6.07) is 9.98. The van der Waals surface area contributed by atoms with Crippen LogP contribution in [0.4, 0.5) is 30.8 Å². The van der Waals surface area contributed by atoms with Crippen LogP contribution in [0.15, 0.2) is 42.5 Å². The summed E-state index contributed by atoms with van der Waals surface area (Å²) < 4.78 is 60.1. The topological polar surface area (TPSA) is 175 Å². The molecule has 2 aromatic carbocycles. The van der Waals surface area contributed by atoms with Crippen LogP contribution in [-0.2, 0) is 20.9 Å². The molecule has 2 aliphatic heterocycles. The number of halogens is 3. The number of esters is 1. The van der Waals surface area contributed by atoms with Crippen LogP contribution in [0.25, 0.3) is 0 Å². The number of rotatable bonds is 7. The van der Waals surface area contributed by atoms with E-state index in [1.807, 2.05) is 24.3 Å². The number of ether oxygens (including phenoxy) is 4. The molecule has 0 saturated heterocycles. The van der Waals surface area contributed by atoms with Gasteiger partial charge >= 0.3 is 18.2 Å². The van der Waals surface area contributed by atoms with Gasteiger partial charge in [0.05, 0.1) is 25.9 Å². The molecule has 5 rings (SSSR count). The molecule has 1 aromatic heterocycles. The van der Waals surface area contributed by atoms with Crippen molar-refractivity contribution in [3.63, 3.8) is 0 Å². The van der Waals surface area contributed by atoms with E-state index >= 15 is 0 Å². The summed E-state index contributed by atoms with van der Waals surface area (Å²) in [6.07, 6.45) is -1.45. The zero-order valence-corrected chi connectivity index (χ0v) is 26.3. The number of aromatic nitrogens is 3. The molecule has 0 fully saturated rings. The maximum atomic E-state index is 13.3. The molecule has 2 amide bonds. The first-order chi connectivity index (χ1) is 23.0. The fraction of sp³-hybridized carbons (Fsp3) is 0.419.